The molecule has 0 atom stereocenters. The van der Waals surface area contributed by atoms with Crippen molar-refractivity contribution in [3.8, 4) is 0 Å². The molecule has 0 saturated carbocycles. The van der Waals surface area contributed by atoms with Gasteiger partial charge in [0.2, 0.25) is 5.91 Å². The lowest BCUT2D eigenvalue weighted by atomic mass is 10.2. The van der Waals surface area contributed by atoms with E-state index < -0.39 is 0 Å². The Morgan fingerprint density at radius 2 is 1.88 bits per heavy atom. The van der Waals surface area contributed by atoms with Crippen LogP contribution < -0.4 is 0 Å². The zero-order valence-corrected chi connectivity index (χ0v) is 14.1. The Labute approximate surface area is 140 Å². The number of amides is 2. The zero-order chi connectivity index (χ0) is 17.1. The van der Waals surface area contributed by atoms with Crippen molar-refractivity contribution in [3.05, 3.63) is 41.6 Å². The van der Waals surface area contributed by atoms with Crippen molar-refractivity contribution in [1.29, 1.82) is 0 Å². The summed E-state index contributed by atoms with van der Waals surface area (Å²) in [5, 5.41) is 4.37. The summed E-state index contributed by atoms with van der Waals surface area (Å²) in [6, 6.07) is 5.36. The quantitative estimate of drug-likeness (QED) is 0.851. The molecule has 0 unspecified atom stereocenters. The highest BCUT2D eigenvalue weighted by molar-refractivity contribution is 5.91. The van der Waals surface area contributed by atoms with Crippen molar-refractivity contribution in [1.82, 2.24) is 19.6 Å². The van der Waals surface area contributed by atoms with Crippen LogP contribution in [0.25, 0.3) is 0 Å². The first-order valence-electron chi connectivity index (χ1n) is 8.16. The van der Waals surface area contributed by atoms with Crippen LogP contribution in [0.5, 0.6) is 0 Å². The van der Waals surface area contributed by atoms with Crippen LogP contribution in [-0.2, 0) is 11.3 Å². The van der Waals surface area contributed by atoms with E-state index in [-0.39, 0.29) is 11.8 Å². The second-order valence-electron chi connectivity index (χ2n) is 6.05. The highest BCUT2D eigenvalue weighted by atomic mass is 16.3. The van der Waals surface area contributed by atoms with Gasteiger partial charge in [-0.1, -0.05) is 0 Å². The number of aryl methyl sites for hydroxylation is 3. The number of hydrogen-bond donors (Lipinski definition) is 0. The lowest BCUT2D eigenvalue weighted by Gasteiger charge is -2.34. The molecule has 3 rings (SSSR count). The first kappa shape index (κ1) is 16.3. The van der Waals surface area contributed by atoms with Crippen molar-refractivity contribution in [3.63, 3.8) is 0 Å². The minimum atomic E-state index is -0.116. The molecule has 7 heteroatoms. The lowest BCUT2D eigenvalue weighted by Crippen LogP contribution is -2.50. The van der Waals surface area contributed by atoms with Crippen molar-refractivity contribution >= 4 is 11.8 Å². The summed E-state index contributed by atoms with van der Waals surface area (Å²) < 4.78 is 7.01. The Morgan fingerprint density at radius 1 is 1.17 bits per heavy atom. The third-order valence-corrected chi connectivity index (χ3v) is 4.29. The normalized spacial score (nSPS) is 14.9. The maximum atomic E-state index is 12.4. The Kier molecular flexibility index (Phi) is 4.69. The largest absolute Gasteiger partial charge is 0.459 e. The highest BCUT2D eigenvalue weighted by Crippen LogP contribution is 2.11. The zero-order valence-electron chi connectivity index (χ0n) is 14.1. The average Bonchev–Trinajstić information content (AvgIpc) is 3.22. The summed E-state index contributed by atoms with van der Waals surface area (Å²) >= 11 is 0. The van der Waals surface area contributed by atoms with Gasteiger partial charge in [-0.15, -0.1) is 0 Å². The van der Waals surface area contributed by atoms with Gasteiger partial charge >= 0.3 is 0 Å². The smallest absolute Gasteiger partial charge is 0.289 e. The third-order valence-electron chi connectivity index (χ3n) is 4.29. The van der Waals surface area contributed by atoms with Crippen molar-refractivity contribution in [2.45, 2.75) is 26.8 Å². The van der Waals surface area contributed by atoms with E-state index in [9.17, 15) is 9.59 Å². The van der Waals surface area contributed by atoms with E-state index in [1.807, 2.05) is 29.5 Å². The molecule has 2 aromatic heterocycles. The molecule has 2 aromatic rings. The molecule has 0 radical (unpaired) electrons. The van der Waals surface area contributed by atoms with Gasteiger partial charge in [-0.05, 0) is 32.0 Å². The molecule has 24 heavy (non-hydrogen) atoms. The van der Waals surface area contributed by atoms with Crippen LogP contribution in [0.2, 0.25) is 0 Å². The minimum Gasteiger partial charge on any atom is -0.459 e. The van der Waals surface area contributed by atoms with Gasteiger partial charge < -0.3 is 14.2 Å². The van der Waals surface area contributed by atoms with Crippen molar-refractivity contribution < 1.29 is 14.0 Å². The number of carbonyl (C=O) groups is 2. The summed E-state index contributed by atoms with van der Waals surface area (Å²) in [5.74, 6) is 0.335. The van der Waals surface area contributed by atoms with E-state index in [1.165, 1.54) is 6.26 Å². The van der Waals surface area contributed by atoms with Crippen LogP contribution in [0.4, 0.5) is 0 Å². The Morgan fingerprint density at radius 3 is 2.46 bits per heavy atom. The van der Waals surface area contributed by atoms with E-state index in [0.29, 0.717) is 44.9 Å². The number of aromatic nitrogens is 2. The number of carbonyl (C=O) groups excluding carboxylic acids is 2. The molecule has 1 saturated heterocycles. The monoisotopic (exact) mass is 330 g/mol. The molecule has 1 aliphatic rings. The lowest BCUT2D eigenvalue weighted by molar-refractivity contribution is -0.132. The van der Waals surface area contributed by atoms with Gasteiger partial charge in [0.15, 0.2) is 5.76 Å². The molecule has 0 aliphatic carbocycles. The molecule has 0 N–H and O–H groups in total. The summed E-state index contributed by atoms with van der Waals surface area (Å²) in [7, 11) is 0. The van der Waals surface area contributed by atoms with Gasteiger partial charge in [0.05, 0.1) is 12.0 Å². The first-order chi connectivity index (χ1) is 11.5. The predicted molar refractivity (Wildman–Crippen MR) is 87.5 cm³/mol. The van der Waals surface area contributed by atoms with Crippen molar-refractivity contribution in [2.24, 2.45) is 0 Å². The average molecular weight is 330 g/mol. The van der Waals surface area contributed by atoms with Gasteiger partial charge in [0, 0.05) is 44.8 Å². The maximum Gasteiger partial charge on any atom is 0.289 e. The second kappa shape index (κ2) is 6.90. The summed E-state index contributed by atoms with van der Waals surface area (Å²) in [5.41, 5.74) is 2.03. The molecule has 0 spiro atoms. The van der Waals surface area contributed by atoms with Gasteiger partial charge in [0.1, 0.15) is 0 Å². The molecular formula is C17H22N4O3. The van der Waals surface area contributed by atoms with Crippen LogP contribution in [0, 0.1) is 13.8 Å². The fourth-order valence-electron chi connectivity index (χ4n) is 2.98. The number of piperazine rings is 1. The number of hydrogen-bond acceptors (Lipinski definition) is 4. The Bertz CT molecular complexity index is 712. The molecule has 1 aliphatic heterocycles. The summed E-state index contributed by atoms with van der Waals surface area (Å²) in [6.45, 7) is 6.70. The Hall–Kier alpha value is -2.57. The fraction of sp³-hybridized carbons (Fsp3) is 0.471. The van der Waals surface area contributed by atoms with Gasteiger partial charge in [0.25, 0.3) is 5.91 Å². The predicted octanol–water partition coefficient (Wildman–Crippen LogP) is 1.47. The van der Waals surface area contributed by atoms with Gasteiger partial charge in [-0.2, -0.15) is 5.10 Å². The molecule has 1 fully saturated rings. The summed E-state index contributed by atoms with van der Waals surface area (Å²) in [6.07, 6.45) is 1.92. The summed E-state index contributed by atoms with van der Waals surface area (Å²) in [4.78, 5) is 28.1. The van der Waals surface area contributed by atoms with Crippen LogP contribution in [0.15, 0.2) is 28.9 Å². The number of nitrogens with zero attached hydrogens (tertiary/aromatic N) is 4. The molecule has 128 valence electrons. The molecule has 0 bridgehead atoms. The molecule has 7 nitrogen and oxygen atoms in total. The molecule has 0 aromatic carbocycles. The molecular weight excluding hydrogens is 308 g/mol. The standard InChI is InChI=1S/C17H22N4O3/c1-13-12-14(2)21(18-13)6-5-16(22)19-7-9-20(10-8-19)17(23)15-4-3-11-24-15/h3-4,11-12H,5-10H2,1-2H3. The first-order valence-corrected chi connectivity index (χ1v) is 8.16. The fourth-order valence-corrected chi connectivity index (χ4v) is 2.98. The van der Waals surface area contributed by atoms with Crippen LogP contribution in [0.1, 0.15) is 28.4 Å². The Balaban J connectivity index is 1.48. The van der Waals surface area contributed by atoms with Crippen LogP contribution in [-0.4, -0.2) is 57.6 Å². The minimum absolute atomic E-state index is 0.104. The van der Waals surface area contributed by atoms with Gasteiger partial charge in [-0.3, -0.25) is 14.3 Å². The SMILES string of the molecule is Cc1cc(C)n(CCC(=O)N2CCN(C(=O)c3ccco3)CC2)n1. The van der Waals surface area contributed by atoms with Crippen LogP contribution in [0.3, 0.4) is 0 Å². The third kappa shape index (κ3) is 3.50. The number of rotatable bonds is 4. The molecule has 3 heterocycles. The van der Waals surface area contributed by atoms with E-state index in [1.54, 1.807) is 17.0 Å². The highest BCUT2D eigenvalue weighted by Gasteiger charge is 2.25. The van der Waals surface area contributed by atoms with Crippen LogP contribution >= 0.6 is 0 Å². The second-order valence-corrected chi connectivity index (χ2v) is 6.05. The topological polar surface area (TPSA) is 71.6 Å². The van der Waals surface area contributed by atoms with E-state index in [0.717, 1.165) is 11.4 Å². The van der Waals surface area contributed by atoms with E-state index in [2.05, 4.69) is 5.10 Å². The number of furan rings is 1. The van der Waals surface area contributed by atoms with E-state index in [4.69, 9.17) is 4.42 Å². The van der Waals surface area contributed by atoms with Crippen molar-refractivity contribution in [2.75, 3.05) is 26.2 Å². The van der Waals surface area contributed by atoms with Gasteiger partial charge in [-0.25, -0.2) is 0 Å². The van der Waals surface area contributed by atoms with E-state index >= 15 is 0 Å². The maximum absolute atomic E-state index is 12.4. The molecule has 2 amide bonds.